The van der Waals surface area contributed by atoms with Gasteiger partial charge in [0.2, 0.25) is 0 Å². The molecular weight excluding hydrogens is 274 g/mol. The molecule has 0 aliphatic rings. The van der Waals surface area contributed by atoms with Crippen molar-refractivity contribution in [2.45, 2.75) is 13.0 Å². The quantitative estimate of drug-likeness (QED) is 0.494. The van der Waals surface area contributed by atoms with Crippen LogP contribution in [0, 0.1) is 11.3 Å². The molecule has 0 radical (unpaired) electrons. The van der Waals surface area contributed by atoms with E-state index in [1.54, 1.807) is 25.1 Å². The summed E-state index contributed by atoms with van der Waals surface area (Å²) in [5.74, 6) is 4.87. The Bertz CT molecular complexity index is 442. The molecule has 1 rings (SSSR count). The molecule has 0 bridgehead atoms. The van der Waals surface area contributed by atoms with Crippen LogP contribution >= 0.6 is 15.9 Å². The number of ether oxygens (including phenoxy) is 1. The normalized spacial score (nSPS) is 11.4. The zero-order valence-corrected chi connectivity index (χ0v) is 10.1. The summed E-state index contributed by atoms with van der Waals surface area (Å²) in [5.41, 5.74) is 2.33. The fourth-order valence-corrected chi connectivity index (χ4v) is 1.41. The first-order valence-corrected chi connectivity index (χ1v) is 5.24. The largest absolute Gasteiger partial charge is 0.479 e. The SMILES string of the molecule is CC(Oc1ccc(Br)cc1C#N)C(=O)NN. The Morgan fingerprint density at radius 1 is 1.69 bits per heavy atom. The van der Waals surface area contributed by atoms with Crippen LogP contribution < -0.4 is 16.0 Å². The number of nitriles is 1. The Morgan fingerprint density at radius 2 is 2.38 bits per heavy atom. The van der Waals surface area contributed by atoms with E-state index in [1.165, 1.54) is 0 Å². The van der Waals surface area contributed by atoms with Gasteiger partial charge in [0.1, 0.15) is 11.8 Å². The summed E-state index contributed by atoms with van der Waals surface area (Å²) in [4.78, 5) is 11.1. The Balaban J connectivity index is 2.90. The fraction of sp³-hybridized carbons (Fsp3) is 0.200. The molecule has 84 valence electrons. The number of carbonyl (C=O) groups is 1. The molecule has 0 aliphatic heterocycles. The first-order chi connectivity index (χ1) is 7.58. The third-order valence-corrected chi connectivity index (χ3v) is 2.37. The lowest BCUT2D eigenvalue weighted by Gasteiger charge is -2.13. The minimum Gasteiger partial charge on any atom is -0.479 e. The van der Waals surface area contributed by atoms with Crippen molar-refractivity contribution in [1.82, 2.24) is 5.43 Å². The summed E-state index contributed by atoms with van der Waals surface area (Å²) in [7, 11) is 0. The molecule has 5 nitrogen and oxygen atoms in total. The van der Waals surface area contributed by atoms with E-state index in [4.69, 9.17) is 15.8 Å². The van der Waals surface area contributed by atoms with Crippen LogP contribution in [-0.2, 0) is 4.79 Å². The maximum atomic E-state index is 11.1. The molecule has 0 spiro atoms. The van der Waals surface area contributed by atoms with E-state index in [-0.39, 0.29) is 0 Å². The lowest BCUT2D eigenvalue weighted by Crippen LogP contribution is -2.40. The highest BCUT2D eigenvalue weighted by Gasteiger charge is 2.15. The van der Waals surface area contributed by atoms with Gasteiger partial charge in [0.25, 0.3) is 5.91 Å². The molecule has 0 aliphatic carbocycles. The molecule has 0 saturated carbocycles. The van der Waals surface area contributed by atoms with Crippen LogP contribution in [-0.4, -0.2) is 12.0 Å². The summed E-state index contributed by atoms with van der Waals surface area (Å²) in [6.07, 6.45) is -0.752. The van der Waals surface area contributed by atoms with Gasteiger partial charge in [-0.1, -0.05) is 15.9 Å². The lowest BCUT2D eigenvalue weighted by molar-refractivity contribution is -0.127. The topological polar surface area (TPSA) is 88.1 Å². The Morgan fingerprint density at radius 3 is 2.94 bits per heavy atom. The van der Waals surface area contributed by atoms with E-state index in [2.05, 4.69) is 15.9 Å². The third-order valence-electron chi connectivity index (χ3n) is 1.88. The molecule has 1 atom stereocenters. The van der Waals surface area contributed by atoms with Gasteiger partial charge in [-0.05, 0) is 25.1 Å². The first-order valence-electron chi connectivity index (χ1n) is 4.45. The van der Waals surface area contributed by atoms with E-state index in [0.29, 0.717) is 11.3 Å². The highest BCUT2D eigenvalue weighted by Crippen LogP contribution is 2.23. The Kier molecular flexibility index (Phi) is 4.28. The number of amides is 1. The van der Waals surface area contributed by atoms with Gasteiger partial charge < -0.3 is 4.74 Å². The smallest absolute Gasteiger partial charge is 0.274 e. The van der Waals surface area contributed by atoms with E-state index < -0.39 is 12.0 Å². The van der Waals surface area contributed by atoms with Crippen molar-refractivity contribution in [3.05, 3.63) is 28.2 Å². The monoisotopic (exact) mass is 283 g/mol. The molecule has 1 amide bonds. The van der Waals surface area contributed by atoms with Crippen molar-refractivity contribution in [1.29, 1.82) is 5.26 Å². The van der Waals surface area contributed by atoms with Crippen LogP contribution in [0.5, 0.6) is 5.75 Å². The number of hydrazine groups is 1. The predicted molar refractivity (Wildman–Crippen MR) is 61.3 cm³/mol. The van der Waals surface area contributed by atoms with Gasteiger partial charge in [-0.15, -0.1) is 0 Å². The number of halogens is 1. The maximum Gasteiger partial charge on any atom is 0.274 e. The standard InChI is InChI=1S/C10H10BrN3O2/c1-6(10(15)14-13)16-9-3-2-8(11)4-7(9)5-12/h2-4,6H,13H2,1H3,(H,14,15). The molecular formula is C10H10BrN3O2. The van der Waals surface area contributed by atoms with Crippen LogP contribution in [0.1, 0.15) is 12.5 Å². The number of nitrogens with one attached hydrogen (secondary N) is 1. The van der Waals surface area contributed by atoms with Crippen LogP contribution in [0.2, 0.25) is 0 Å². The maximum absolute atomic E-state index is 11.1. The number of benzene rings is 1. The molecule has 1 unspecified atom stereocenters. The van der Waals surface area contributed by atoms with Gasteiger partial charge in [0, 0.05) is 4.47 Å². The van der Waals surface area contributed by atoms with Crippen LogP contribution in [0.4, 0.5) is 0 Å². The fourth-order valence-electron chi connectivity index (χ4n) is 1.05. The minimum absolute atomic E-state index is 0.349. The minimum atomic E-state index is -0.752. The van der Waals surface area contributed by atoms with E-state index in [9.17, 15) is 4.79 Å². The zero-order chi connectivity index (χ0) is 12.1. The van der Waals surface area contributed by atoms with Gasteiger partial charge in [0.15, 0.2) is 6.10 Å². The molecule has 0 saturated heterocycles. The highest BCUT2D eigenvalue weighted by molar-refractivity contribution is 9.10. The number of hydrogen-bond acceptors (Lipinski definition) is 4. The third kappa shape index (κ3) is 2.95. The number of rotatable bonds is 3. The number of nitrogens with zero attached hydrogens (tertiary/aromatic N) is 1. The van der Waals surface area contributed by atoms with Crippen molar-refractivity contribution in [3.8, 4) is 11.8 Å². The lowest BCUT2D eigenvalue weighted by atomic mass is 10.2. The van der Waals surface area contributed by atoms with Gasteiger partial charge in [-0.3, -0.25) is 10.2 Å². The van der Waals surface area contributed by atoms with Crippen molar-refractivity contribution in [2.24, 2.45) is 5.84 Å². The first kappa shape index (κ1) is 12.5. The van der Waals surface area contributed by atoms with Crippen LogP contribution in [0.15, 0.2) is 22.7 Å². The Labute approximate surface area is 101 Å². The molecule has 0 aromatic heterocycles. The Hall–Kier alpha value is -1.58. The van der Waals surface area contributed by atoms with E-state index >= 15 is 0 Å². The van der Waals surface area contributed by atoms with Crippen molar-refractivity contribution in [2.75, 3.05) is 0 Å². The summed E-state index contributed by atoms with van der Waals surface area (Å²) in [6, 6.07) is 6.93. The second-order valence-electron chi connectivity index (χ2n) is 3.02. The summed E-state index contributed by atoms with van der Waals surface area (Å²) < 4.78 is 6.08. The van der Waals surface area contributed by atoms with Crippen molar-refractivity contribution in [3.63, 3.8) is 0 Å². The number of carbonyl (C=O) groups excluding carboxylic acids is 1. The van der Waals surface area contributed by atoms with Gasteiger partial charge >= 0.3 is 0 Å². The van der Waals surface area contributed by atoms with Gasteiger partial charge in [-0.2, -0.15) is 5.26 Å². The van der Waals surface area contributed by atoms with Crippen molar-refractivity contribution < 1.29 is 9.53 Å². The molecule has 6 heteroatoms. The average molecular weight is 284 g/mol. The van der Waals surface area contributed by atoms with Crippen molar-refractivity contribution >= 4 is 21.8 Å². The molecule has 3 N–H and O–H groups in total. The molecule has 1 aromatic carbocycles. The number of nitrogens with two attached hydrogens (primary N) is 1. The molecule has 0 heterocycles. The van der Waals surface area contributed by atoms with Crippen LogP contribution in [0.3, 0.4) is 0 Å². The van der Waals surface area contributed by atoms with E-state index in [0.717, 1.165) is 4.47 Å². The highest BCUT2D eigenvalue weighted by atomic mass is 79.9. The van der Waals surface area contributed by atoms with E-state index in [1.807, 2.05) is 11.5 Å². The molecule has 0 fully saturated rings. The van der Waals surface area contributed by atoms with Gasteiger partial charge in [-0.25, -0.2) is 5.84 Å². The number of hydrogen-bond donors (Lipinski definition) is 2. The summed E-state index contributed by atoms with van der Waals surface area (Å²) in [6.45, 7) is 1.55. The second kappa shape index (κ2) is 5.49. The average Bonchev–Trinajstić information content (AvgIpc) is 2.30. The molecule has 1 aromatic rings. The second-order valence-corrected chi connectivity index (χ2v) is 3.94. The predicted octanol–water partition coefficient (Wildman–Crippen LogP) is 1.08. The zero-order valence-electron chi connectivity index (χ0n) is 8.53. The summed E-state index contributed by atoms with van der Waals surface area (Å²) >= 11 is 3.24. The van der Waals surface area contributed by atoms with Gasteiger partial charge in [0.05, 0.1) is 5.56 Å². The summed E-state index contributed by atoms with van der Waals surface area (Å²) in [5, 5.41) is 8.88. The van der Waals surface area contributed by atoms with Crippen LogP contribution in [0.25, 0.3) is 0 Å². The molecule has 16 heavy (non-hydrogen) atoms.